The highest BCUT2D eigenvalue weighted by molar-refractivity contribution is 5.81. The molecular weight excluding hydrogens is 360 g/mol. The Morgan fingerprint density at radius 2 is 2.07 bits per heavy atom. The highest BCUT2D eigenvalue weighted by atomic mass is 16.5. The summed E-state index contributed by atoms with van der Waals surface area (Å²) in [6, 6.07) is 8.63. The number of aliphatic hydroxyl groups is 1. The number of phenols is 1. The minimum atomic E-state index is -0.600. The molecule has 2 heterocycles. The molecule has 1 aromatic carbocycles. The molecule has 0 saturated carbocycles. The van der Waals surface area contributed by atoms with E-state index >= 15 is 0 Å². The van der Waals surface area contributed by atoms with Gasteiger partial charge >= 0.3 is 0 Å². The molecule has 1 saturated heterocycles. The lowest BCUT2D eigenvalue weighted by atomic mass is 9.95. The van der Waals surface area contributed by atoms with Crippen LogP contribution in [0.1, 0.15) is 39.3 Å². The van der Waals surface area contributed by atoms with Crippen molar-refractivity contribution in [2.75, 3.05) is 6.54 Å². The van der Waals surface area contributed by atoms with Crippen LogP contribution in [-0.4, -0.2) is 46.1 Å². The van der Waals surface area contributed by atoms with Gasteiger partial charge in [-0.05, 0) is 25.0 Å². The number of hydrogen-bond acceptors (Lipinski definition) is 6. The molecule has 0 aliphatic carbocycles. The van der Waals surface area contributed by atoms with E-state index in [9.17, 15) is 15.0 Å². The molecule has 1 aliphatic rings. The second-order valence-corrected chi connectivity index (χ2v) is 8.34. The summed E-state index contributed by atoms with van der Waals surface area (Å²) in [5.41, 5.74) is 1.01. The molecule has 28 heavy (non-hydrogen) atoms. The van der Waals surface area contributed by atoms with Gasteiger partial charge in [-0.15, -0.1) is 0 Å². The largest absolute Gasteiger partial charge is 0.508 e. The smallest absolute Gasteiger partial charge is 0.225 e. The Labute approximate surface area is 164 Å². The van der Waals surface area contributed by atoms with Crippen LogP contribution in [-0.2, 0) is 16.0 Å². The highest BCUT2D eigenvalue weighted by Crippen LogP contribution is 2.27. The van der Waals surface area contributed by atoms with Crippen molar-refractivity contribution in [3.05, 3.63) is 36.0 Å². The minimum Gasteiger partial charge on any atom is -0.508 e. The summed E-state index contributed by atoms with van der Waals surface area (Å²) >= 11 is 0. The van der Waals surface area contributed by atoms with Gasteiger partial charge < -0.3 is 24.8 Å². The summed E-state index contributed by atoms with van der Waals surface area (Å²) in [6.07, 6.45) is 0.719. The van der Waals surface area contributed by atoms with Crippen molar-refractivity contribution in [2.45, 2.75) is 58.3 Å². The predicted molar refractivity (Wildman–Crippen MR) is 104 cm³/mol. The van der Waals surface area contributed by atoms with Gasteiger partial charge in [0, 0.05) is 30.0 Å². The Balaban J connectivity index is 1.58. The fourth-order valence-corrected chi connectivity index (χ4v) is 3.18. The molecule has 152 valence electrons. The van der Waals surface area contributed by atoms with Crippen LogP contribution in [0.25, 0.3) is 11.3 Å². The van der Waals surface area contributed by atoms with Gasteiger partial charge in [-0.3, -0.25) is 4.79 Å². The van der Waals surface area contributed by atoms with Crippen molar-refractivity contribution in [1.82, 2.24) is 10.5 Å². The number of amides is 1. The molecule has 1 aliphatic heterocycles. The first-order valence-electron chi connectivity index (χ1n) is 9.59. The molecule has 0 spiro atoms. The Morgan fingerprint density at radius 3 is 2.79 bits per heavy atom. The Kier molecular flexibility index (Phi) is 6.05. The highest BCUT2D eigenvalue weighted by Gasteiger charge is 2.32. The molecule has 1 fully saturated rings. The quantitative estimate of drug-likeness (QED) is 0.727. The van der Waals surface area contributed by atoms with E-state index in [1.807, 2.05) is 32.9 Å². The standard InChI is InChI=1S/C21H28N2O5/c1-21(2,3)20(26)22-12-19-17(25)8-7-16(27-19)10-14-11-18(28-23-14)13-5-4-6-15(24)9-13/h4-6,9,11,16-17,19,24-25H,7-8,10,12H2,1-3H3,(H,22,26)/t16-,17-,19+/m0/s1. The zero-order valence-electron chi connectivity index (χ0n) is 16.5. The molecule has 3 N–H and O–H groups in total. The fourth-order valence-electron chi connectivity index (χ4n) is 3.18. The van der Waals surface area contributed by atoms with Gasteiger partial charge in [-0.25, -0.2) is 0 Å². The van der Waals surface area contributed by atoms with Crippen LogP contribution in [0.15, 0.2) is 34.9 Å². The number of benzene rings is 1. The SMILES string of the molecule is CC(C)(C)C(=O)NC[C@H]1O[C@H](Cc2cc(-c3cccc(O)c3)on2)CC[C@@H]1O. The first-order valence-corrected chi connectivity index (χ1v) is 9.59. The molecule has 0 bridgehead atoms. The zero-order valence-corrected chi connectivity index (χ0v) is 16.5. The van der Waals surface area contributed by atoms with Crippen molar-refractivity contribution in [3.63, 3.8) is 0 Å². The van der Waals surface area contributed by atoms with Gasteiger partial charge in [0.05, 0.1) is 17.9 Å². The molecule has 0 radical (unpaired) electrons. The molecule has 7 nitrogen and oxygen atoms in total. The van der Waals surface area contributed by atoms with Crippen LogP contribution in [0.5, 0.6) is 5.75 Å². The topological polar surface area (TPSA) is 105 Å². The van der Waals surface area contributed by atoms with E-state index in [4.69, 9.17) is 9.26 Å². The van der Waals surface area contributed by atoms with E-state index in [1.54, 1.807) is 18.2 Å². The Morgan fingerprint density at radius 1 is 1.29 bits per heavy atom. The minimum absolute atomic E-state index is 0.0716. The maximum absolute atomic E-state index is 12.1. The van der Waals surface area contributed by atoms with E-state index in [1.165, 1.54) is 0 Å². The van der Waals surface area contributed by atoms with Crippen molar-refractivity contribution in [2.24, 2.45) is 5.41 Å². The van der Waals surface area contributed by atoms with E-state index < -0.39 is 17.6 Å². The monoisotopic (exact) mass is 388 g/mol. The predicted octanol–water partition coefficient (Wildman–Crippen LogP) is 2.66. The van der Waals surface area contributed by atoms with Crippen molar-refractivity contribution >= 4 is 5.91 Å². The van der Waals surface area contributed by atoms with Crippen LogP contribution in [0.4, 0.5) is 0 Å². The maximum atomic E-state index is 12.1. The lowest BCUT2D eigenvalue weighted by Gasteiger charge is -2.34. The Hall–Kier alpha value is -2.38. The van der Waals surface area contributed by atoms with Crippen molar-refractivity contribution in [3.8, 4) is 17.1 Å². The van der Waals surface area contributed by atoms with Gasteiger partial charge in [0.15, 0.2) is 5.76 Å². The van der Waals surface area contributed by atoms with Gasteiger partial charge in [0.25, 0.3) is 0 Å². The average molecular weight is 388 g/mol. The van der Waals surface area contributed by atoms with E-state index in [0.29, 0.717) is 25.0 Å². The number of carbonyl (C=O) groups excluding carboxylic acids is 1. The van der Waals surface area contributed by atoms with Gasteiger partial charge in [-0.2, -0.15) is 0 Å². The van der Waals surface area contributed by atoms with Crippen LogP contribution in [0, 0.1) is 5.41 Å². The van der Waals surface area contributed by atoms with Crippen LogP contribution < -0.4 is 5.32 Å². The van der Waals surface area contributed by atoms with Gasteiger partial charge in [-0.1, -0.05) is 38.1 Å². The van der Waals surface area contributed by atoms with E-state index in [0.717, 1.165) is 11.3 Å². The van der Waals surface area contributed by atoms with Crippen LogP contribution >= 0.6 is 0 Å². The van der Waals surface area contributed by atoms with Crippen molar-refractivity contribution < 1.29 is 24.3 Å². The number of aromatic hydroxyl groups is 1. The third-order valence-corrected chi connectivity index (χ3v) is 4.85. The van der Waals surface area contributed by atoms with Gasteiger partial charge in [0.1, 0.15) is 11.9 Å². The number of aromatic nitrogens is 1. The number of ether oxygens (including phenoxy) is 1. The average Bonchev–Trinajstić information content (AvgIpc) is 3.09. The summed E-state index contributed by atoms with van der Waals surface area (Å²) in [6.45, 7) is 5.81. The second-order valence-electron chi connectivity index (χ2n) is 8.34. The summed E-state index contributed by atoms with van der Waals surface area (Å²) < 4.78 is 11.4. The first-order chi connectivity index (χ1) is 13.2. The Bertz CT molecular complexity index is 811. The lowest BCUT2D eigenvalue weighted by molar-refractivity contribution is -0.134. The molecule has 0 unspecified atom stereocenters. The van der Waals surface area contributed by atoms with Gasteiger partial charge in [0.2, 0.25) is 5.91 Å². The lowest BCUT2D eigenvalue weighted by Crippen LogP contribution is -2.48. The van der Waals surface area contributed by atoms with Crippen LogP contribution in [0.2, 0.25) is 0 Å². The number of nitrogens with one attached hydrogen (secondary N) is 1. The second kappa shape index (κ2) is 8.32. The molecule has 3 atom stereocenters. The van der Waals surface area contributed by atoms with E-state index in [-0.39, 0.29) is 24.3 Å². The summed E-state index contributed by atoms with van der Waals surface area (Å²) in [7, 11) is 0. The summed E-state index contributed by atoms with van der Waals surface area (Å²) in [4.78, 5) is 12.1. The molecule has 1 amide bonds. The molecular formula is C21H28N2O5. The maximum Gasteiger partial charge on any atom is 0.225 e. The number of carbonyl (C=O) groups is 1. The fraction of sp³-hybridized carbons (Fsp3) is 0.524. The van der Waals surface area contributed by atoms with Crippen LogP contribution in [0.3, 0.4) is 0 Å². The summed E-state index contributed by atoms with van der Waals surface area (Å²) in [5, 5.41) is 26.8. The van der Waals surface area contributed by atoms with E-state index in [2.05, 4.69) is 10.5 Å². The number of phenolic OH excluding ortho intramolecular Hbond substituents is 1. The number of nitrogens with zero attached hydrogens (tertiary/aromatic N) is 1. The normalized spacial score (nSPS) is 22.8. The van der Waals surface area contributed by atoms with Crippen molar-refractivity contribution in [1.29, 1.82) is 0 Å². The summed E-state index contributed by atoms with van der Waals surface area (Å²) in [5.74, 6) is 0.675. The molecule has 2 aromatic rings. The third kappa shape index (κ3) is 5.11. The molecule has 1 aromatic heterocycles. The zero-order chi connectivity index (χ0) is 20.3. The number of rotatable bonds is 5. The number of aliphatic hydroxyl groups excluding tert-OH is 1. The number of hydrogen-bond donors (Lipinski definition) is 3. The molecule has 7 heteroatoms. The third-order valence-electron chi connectivity index (χ3n) is 4.85. The first kappa shape index (κ1) is 20.4. The molecule has 3 rings (SSSR count).